The topological polar surface area (TPSA) is 125 Å². The van der Waals surface area contributed by atoms with Crippen LogP contribution < -0.4 is 20.9 Å². The first-order valence-corrected chi connectivity index (χ1v) is 12.9. The number of hydrogen-bond donors (Lipinski definition) is 2. The standard InChI is InChI=1S/C25H23ClF3N9O3/c1-30-21-19-17(10-33-38(19)6-5-31-21)41-16-9-32-22-20(18(16)26)36(2)24(35-22)34-15-8-13(25(27,28)29)11-37(23(15)39)14-4-3-7-40-12-14/h5-6,8-11,14H,3-4,7,12H2,1-2H3,(H,30,31)(H,32,34,35)/t14-/m0/s1. The Hall–Kier alpha value is -4.37. The van der Waals surface area contributed by atoms with E-state index in [4.69, 9.17) is 21.1 Å². The monoisotopic (exact) mass is 589 g/mol. The smallest absolute Gasteiger partial charge is 0.417 e. The molecule has 5 aromatic rings. The molecule has 0 bridgehead atoms. The van der Waals surface area contributed by atoms with Crippen molar-refractivity contribution in [1.29, 1.82) is 0 Å². The molecule has 12 nitrogen and oxygen atoms in total. The van der Waals surface area contributed by atoms with Crippen molar-refractivity contribution in [2.75, 3.05) is 30.9 Å². The Kier molecular flexibility index (Phi) is 6.69. The molecule has 1 saturated heterocycles. The molecule has 0 aromatic carbocycles. The second-order valence-corrected chi connectivity index (χ2v) is 9.76. The van der Waals surface area contributed by atoms with Crippen LogP contribution in [-0.4, -0.2) is 54.0 Å². The number of hydrogen-bond acceptors (Lipinski definition) is 9. The van der Waals surface area contributed by atoms with E-state index in [1.807, 2.05) is 0 Å². The summed E-state index contributed by atoms with van der Waals surface area (Å²) in [5, 5.41) is 10.1. The molecule has 6 rings (SSSR count). The Balaban J connectivity index is 1.38. The maximum absolute atomic E-state index is 13.8. The molecule has 0 radical (unpaired) electrons. The summed E-state index contributed by atoms with van der Waals surface area (Å²) in [6, 6.07) is 0.248. The highest BCUT2D eigenvalue weighted by molar-refractivity contribution is 6.36. The van der Waals surface area contributed by atoms with Crippen molar-refractivity contribution >= 4 is 45.7 Å². The fraction of sp³-hybridized carbons (Fsp3) is 0.320. The van der Waals surface area contributed by atoms with Crippen LogP contribution in [0.3, 0.4) is 0 Å². The van der Waals surface area contributed by atoms with Crippen LogP contribution in [0.2, 0.25) is 5.02 Å². The van der Waals surface area contributed by atoms with Gasteiger partial charge in [-0.25, -0.2) is 14.5 Å². The fourth-order valence-corrected chi connectivity index (χ4v) is 5.07. The Labute approximate surface area is 234 Å². The minimum absolute atomic E-state index is 0.0621. The molecule has 6 heterocycles. The number of aromatic nitrogens is 7. The molecule has 0 saturated carbocycles. The highest BCUT2D eigenvalue weighted by atomic mass is 35.5. The zero-order valence-electron chi connectivity index (χ0n) is 21.7. The van der Waals surface area contributed by atoms with Crippen molar-refractivity contribution in [3.05, 3.63) is 58.0 Å². The molecule has 0 aliphatic carbocycles. The van der Waals surface area contributed by atoms with Crippen LogP contribution in [0.4, 0.5) is 30.6 Å². The van der Waals surface area contributed by atoms with Gasteiger partial charge in [-0.05, 0) is 18.9 Å². The third-order valence-electron chi connectivity index (χ3n) is 6.81. The van der Waals surface area contributed by atoms with Crippen molar-refractivity contribution in [3.8, 4) is 11.5 Å². The largest absolute Gasteiger partial charge is 0.450 e. The first kappa shape index (κ1) is 26.8. The third kappa shape index (κ3) is 4.80. The molecule has 1 fully saturated rings. The quantitative estimate of drug-likeness (QED) is 0.288. The highest BCUT2D eigenvalue weighted by Crippen LogP contribution is 2.38. The number of rotatable bonds is 6. The van der Waals surface area contributed by atoms with Gasteiger partial charge < -0.3 is 29.2 Å². The van der Waals surface area contributed by atoms with Crippen LogP contribution in [0.5, 0.6) is 11.5 Å². The average molecular weight is 590 g/mol. The molecular formula is C25H23ClF3N9O3. The summed E-state index contributed by atoms with van der Waals surface area (Å²) in [6.07, 6.45) is 3.44. The normalized spacial score (nSPS) is 15.9. The van der Waals surface area contributed by atoms with Crippen LogP contribution in [0, 0.1) is 0 Å². The van der Waals surface area contributed by atoms with Gasteiger partial charge in [0.1, 0.15) is 16.2 Å². The fourth-order valence-electron chi connectivity index (χ4n) is 4.77. The van der Waals surface area contributed by atoms with E-state index in [1.54, 1.807) is 31.0 Å². The van der Waals surface area contributed by atoms with Gasteiger partial charge >= 0.3 is 6.18 Å². The first-order valence-electron chi connectivity index (χ1n) is 12.5. The number of ether oxygens (including phenoxy) is 2. The Morgan fingerprint density at radius 3 is 2.76 bits per heavy atom. The second kappa shape index (κ2) is 10.2. The minimum Gasteiger partial charge on any atom is -0.450 e. The molecule has 16 heteroatoms. The number of halogens is 4. The van der Waals surface area contributed by atoms with Gasteiger partial charge in [0.25, 0.3) is 5.56 Å². The van der Waals surface area contributed by atoms with E-state index >= 15 is 0 Å². The number of nitrogens with zero attached hydrogens (tertiary/aromatic N) is 7. The number of anilines is 3. The van der Waals surface area contributed by atoms with E-state index in [0.717, 1.165) is 16.8 Å². The predicted octanol–water partition coefficient (Wildman–Crippen LogP) is 4.77. The van der Waals surface area contributed by atoms with Crippen molar-refractivity contribution < 1.29 is 22.6 Å². The maximum Gasteiger partial charge on any atom is 0.417 e. The van der Waals surface area contributed by atoms with Crippen LogP contribution in [0.15, 0.2) is 41.8 Å². The van der Waals surface area contributed by atoms with Gasteiger partial charge in [-0.1, -0.05) is 11.6 Å². The Morgan fingerprint density at radius 2 is 2.02 bits per heavy atom. The second-order valence-electron chi connectivity index (χ2n) is 9.38. The maximum atomic E-state index is 13.8. The Morgan fingerprint density at radius 1 is 1.20 bits per heavy atom. The summed E-state index contributed by atoms with van der Waals surface area (Å²) in [5.41, 5.74) is -0.802. The number of aryl methyl sites for hydroxylation is 1. The van der Waals surface area contributed by atoms with E-state index in [2.05, 4.69) is 30.7 Å². The number of nitrogens with one attached hydrogen (secondary N) is 2. The number of fused-ring (bicyclic) bond motifs is 2. The van der Waals surface area contributed by atoms with Gasteiger partial charge in [0.15, 0.2) is 28.5 Å². The summed E-state index contributed by atoms with van der Waals surface area (Å²) in [4.78, 5) is 26.3. The summed E-state index contributed by atoms with van der Waals surface area (Å²) in [6.45, 7) is 0.646. The lowest BCUT2D eigenvalue weighted by Crippen LogP contribution is -2.32. The van der Waals surface area contributed by atoms with Crippen molar-refractivity contribution in [1.82, 2.24) is 33.7 Å². The molecule has 214 valence electrons. The minimum atomic E-state index is -4.67. The molecule has 1 aliphatic heterocycles. The SMILES string of the molecule is CNc1nccn2ncc(Oc3cnc4nc(Nc5cc(C(F)(F)F)cn([C@H]6CCCOC6)c5=O)n(C)c4c3Cl)c12. The van der Waals surface area contributed by atoms with E-state index in [0.29, 0.717) is 42.0 Å². The van der Waals surface area contributed by atoms with Gasteiger partial charge in [-0.3, -0.25) is 4.79 Å². The average Bonchev–Trinajstić information content (AvgIpc) is 3.52. The Bertz CT molecular complexity index is 1830. The summed E-state index contributed by atoms with van der Waals surface area (Å²) >= 11 is 6.71. The summed E-state index contributed by atoms with van der Waals surface area (Å²) in [5.74, 6) is 1.14. The first-order chi connectivity index (χ1) is 19.7. The lowest BCUT2D eigenvalue weighted by Gasteiger charge is -2.25. The molecule has 41 heavy (non-hydrogen) atoms. The zero-order valence-corrected chi connectivity index (χ0v) is 22.5. The van der Waals surface area contributed by atoms with Crippen LogP contribution >= 0.6 is 11.6 Å². The summed E-state index contributed by atoms with van der Waals surface area (Å²) < 4.78 is 56.9. The van der Waals surface area contributed by atoms with Crippen molar-refractivity contribution in [2.45, 2.75) is 25.1 Å². The van der Waals surface area contributed by atoms with Gasteiger partial charge in [0.2, 0.25) is 5.95 Å². The highest BCUT2D eigenvalue weighted by Gasteiger charge is 2.33. The molecular weight excluding hydrogens is 567 g/mol. The van der Waals surface area contributed by atoms with Gasteiger partial charge in [-0.15, -0.1) is 0 Å². The van der Waals surface area contributed by atoms with Crippen LogP contribution in [-0.2, 0) is 18.0 Å². The van der Waals surface area contributed by atoms with Crippen molar-refractivity contribution in [3.63, 3.8) is 0 Å². The third-order valence-corrected chi connectivity index (χ3v) is 7.17. The van der Waals surface area contributed by atoms with E-state index in [1.165, 1.54) is 17.0 Å². The zero-order chi connectivity index (χ0) is 28.9. The number of pyridine rings is 2. The molecule has 0 amide bonds. The molecule has 0 unspecified atom stereocenters. The predicted molar refractivity (Wildman–Crippen MR) is 144 cm³/mol. The van der Waals surface area contributed by atoms with Gasteiger partial charge in [-0.2, -0.15) is 23.3 Å². The number of alkyl halides is 3. The van der Waals surface area contributed by atoms with Gasteiger partial charge in [0.05, 0.1) is 30.6 Å². The molecule has 2 N–H and O–H groups in total. The molecule has 1 aliphatic rings. The molecule has 1 atom stereocenters. The summed E-state index contributed by atoms with van der Waals surface area (Å²) in [7, 11) is 3.31. The van der Waals surface area contributed by atoms with E-state index < -0.39 is 23.3 Å². The van der Waals surface area contributed by atoms with E-state index in [9.17, 15) is 18.0 Å². The van der Waals surface area contributed by atoms with Crippen molar-refractivity contribution in [2.24, 2.45) is 7.05 Å². The molecule has 5 aromatic heterocycles. The van der Waals surface area contributed by atoms with E-state index in [-0.39, 0.29) is 34.7 Å². The number of imidazole rings is 1. The lowest BCUT2D eigenvalue weighted by atomic mass is 10.1. The van der Waals surface area contributed by atoms with Gasteiger partial charge in [0, 0.05) is 39.3 Å². The molecule has 0 spiro atoms. The van der Waals surface area contributed by atoms with Crippen LogP contribution in [0.25, 0.3) is 16.7 Å². The van der Waals surface area contributed by atoms with Crippen LogP contribution in [0.1, 0.15) is 24.4 Å². The lowest BCUT2D eigenvalue weighted by molar-refractivity contribution is -0.138.